The molecule has 24 heavy (non-hydrogen) atoms. The van der Waals surface area contributed by atoms with Gasteiger partial charge in [0.05, 0.1) is 25.3 Å². The summed E-state index contributed by atoms with van der Waals surface area (Å²) in [6, 6.07) is 3.69. The van der Waals surface area contributed by atoms with E-state index in [1.165, 1.54) is 18.1 Å². The standard InChI is InChI=1S/C17H22N2O5/c1-5-8-24-16(21)14-10(2)19(3)17(22)18-15(14)11-6-7-12(20)13(9-11)23-4/h6-7,9,15,20H,5,8H2,1-4H3,(H,18,22)/t15-/m0/s1. The van der Waals surface area contributed by atoms with Crippen molar-refractivity contribution in [2.24, 2.45) is 0 Å². The highest BCUT2D eigenvalue weighted by Gasteiger charge is 2.35. The van der Waals surface area contributed by atoms with Gasteiger partial charge in [0.25, 0.3) is 0 Å². The van der Waals surface area contributed by atoms with Crippen molar-refractivity contribution in [3.05, 3.63) is 35.0 Å². The average molecular weight is 334 g/mol. The molecule has 0 fully saturated rings. The van der Waals surface area contributed by atoms with Crippen LogP contribution in [0.5, 0.6) is 11.5 Å². The van der Waals surface area contributed by atoms with E-state index in [2.05, 4.69) is 5.32 Å². The summed E-state index contributed by atoms with van der Waals surface area (Å²) in [5.41, 5.74) is 1.50. The molecule has 2 amide bonds. The summed E-state index contributed by atoms with van der Waals surface area (Å²) in [7, 11) is 3.02. The molecule has 7 heteroatoms. The molecule has 1 heterocycles. The Hall–Kier alpha value is -2.70. The van der Waals surface area contributed by atoms with Gasteiger partial charge in [-0.15, -0.1) is 0 Å². The van der Waals surface area contributed by atoms with Crippen molar-refractivity contribution < 1.29 is 24.2 Å². The van der Waals surface area contributed by atoms with Gasteiger partial charge in [-0.25, -0.2) is 9.59 Å². The molecule has 1 aliphatic rings. The summed E-state index contributed by atoms with van der Waals surface area (Å²) in [6.07, 6.45) is 0.706. The summed E-state index contributed by atoms with van der Waals surface area (Å²) in [5, 5.41) is 12.5. The summed E-state index contributed by atoms with van der Waals surface area (Å²) in [6.45, 7) is 3.91. The molecule has 0 spiro atoms. The lowest BCUT2D eigenvalue weighted by atomic mass is 9.94. The van der Waals surface area contributed by atoms with Crippen molar-refractivity contribution in [2.45, 2.75) is 26.3 Å². The fourth-order valence-electron chi connectivity index (χ4n) is 2.50. The highest BCUT2D eigenvalue weighted by Crippen LogP contribution is 2.35. The van der Waals surface area contributed by atoms with Crippen LogP contribution in [0.1, 0.15) is 31.9 Å². The van der Waals surface area contributed by atoms with Gasteiger partial charge in [-0.3, -0.25) is 0 Å². The van der Waals surface area contributed by atoms with Crippen LogP contribution < -0.4 is 10.1 Å². The van der Waals surface area contributed by atoms with Gasteiger partial charge in [0, 0.05) is 12.7 Å². The Morgan fingerprint density at radius 1 is 1.42 bits per heavy atom. The minimum atomic E-state index is -0.674. The number of methoxy groups -OCH3 is 1. The normalized spacial score (nSPS) is 17.6. The third-order valence-corrected chi connectivity index (χ3v) is 3.95. The van der Waals surface area contributed by atoms with E-state index in [9.17, 15) is 14.7 Å². The van der Waals surface area contributed by atoms with Gasteiger partial charge in [-0.1, -0.05) is 13.0 Å². The number of aromatic hydroxyl groups is 1. The van der Waals surface area contributed by atoms with E-state index in [4.69, 9.17) is 9.47 Å². The molecular formula is C17H22N2O5. The first kappa shape index (κ1) is 17.7. The summed E-state index contributed by atoms with van der Waals surface area (Å²) in [4.78, 5) is 26.0. The number of benzene rings is 1. The predicted molar refractivity (Wildman–Crippen MR) is 87.6 cm³/mol. The molecule has 0 saturated carbocycles. The number of rotatable bonds is 5. The molecule has 0 aliphatic carbocycles. The number of phenolic OH excluding ortho intramolecular Hbond substituents is 1. The number of phenols is 1. The SMILES string of the molecule is CCCOC(=O)C1=C(C)N(C)C(=O)N[C@H]1c1ccc(O)c(OC)c1. The van der Waals surface area contributed by atoms with Crippen molar-refractivity contribution >= 4 is 12.0 Å². The Kier molecular flexibility index (Phi) is 5.33. The van der Waals surface area contributed by atoms with E-state index in [0.717, 1.165) is 0 Å². The van der Waals surface area contributed by atoms with Gasteiger partial charge in [0.1, 0.15) is 0 Å². The maximum absolute atomic E-state index is 12.5. The lowest BCUT2D eigenvalue weighted by Crippen LogP contribution is -2.46. The third-order valence-electron chi connectivity index (χ3n) is 3.95. The van der Waals surface area contributed by atoms with Crippen LogP contribution in [0.15, 0.2) is 29.5 Å². The fraction of sp³-hybridized carbons (Fsp3) is 0.412. The van der Waals surface area contributed by atoms with Gasteiger partial charge in [-0.2, -0.15) is 0 Å². The smallest absolute Gasteiger partial charge is 0.338 e. The third kappa shape index (κ3) is 3.29. The van der Waals surface area contributed by atoms with Crippen LogP contribution in [0.4, 0.5) is 4.79 Å². The van der Waals surface area contributed by atoms with Crippen LogP contribution in [-0.4, -0.2) is 42.8 Å². The van der Waals surface area contributed by atoms with E-state index < -0.39 is 12.0 Å². The zero-order valence-electron chi connectivity index (χ0n) is 14.3. The van der Waals surface area contributed by atoms with Gasteiger partial charge in [-0.05, 0) is 31.0 Å². The van der Waals surface area contributed by atoms with Crippen molar-refractivity contribution in [2.75, 3.05) is 20.8 Å². The van der Waals surface area contributed by atoms with E-state index in [0.29, 0.717) is 29.9 Å². The number of hydrogen-bond acceptors (Lipinski definition) is 5. The lowest BCUT2D eigenvalue weighted by molar-refractivity contribution is -0.139. The van der Waals surface area contributed by atoms with Crippen LogP contribution >= 0.6 is 0 Å². The molecule has 0 aromatic heterocycles. The summed E-state index contributed by atoms with van der Waals surface area (Å²) in [5.74, 6) is -0.228. The Balaban J connectivity index is 2.48. The fourth-order valence-corrected chi connectivity index (χ4v) is 2.50. The monoisotopic (exact) mass is 334 g/mol. The van der Waals surface area contributed by atoms with Gasteiger partial charge >= 0.3 is 12.0 Å². The van der Waals surface area contributed by atoms with Crippen molar-refractivity contribution in [3.63, 3.8) is 0 Å². The van der Waals surface area contributed by atoms with E-state index in [1.807, 2.05) is 6.92 Å². The highest BCUT2D eigenvalue weighted by molar-refractivity contribution is 5.95. The number of nitrogens with one attached hydrogen (secondary N) is 1. The summed E-state index contributed by atoms with van der Waals surface area (Å²) >= 11 is 0. The number of urea groups is 1. The minimum absolute atomic E-state index is 0.0173. The minimum Gasteiger partial charge on any atom is -0.504 e. The van der Waals surface area contributed by atoms with Crippen molar-refractivity contribution in [3.8, 4) is 11.5 Å². The van der Waals surface area contributed by atoms with Crippen LogP contribution in [0.25, 0.3) is 0 Å². The second kappa shape index (κ2) is 7.25. The molecule has 7 nitrogen and oxygen atoms in total. The molecule has 2 rings (SSSR count). The zero-order chi connectivity index (χ0) is 17.9. The first-order chi connectivity index (χ1) is 11.4. The van der Waals surface area contributed by atoms with Crippen LogP contribution in [-0.2, 0) is 9.53 Å². The molecule has 130 valence electrons. The zero-order valence-corrected chi connectivity index (χ0v) is 14.3. The van der Waals surface area contributed by atoms with Gasteiger partial charge < -0.3 is 24.8 Å². The largest absolute Gasteiger partial charge is 0.504 e. The van der Waals surface area contributed by atoms with E-state index in [-0.39, 0.29) is 17.5 Å². The quantitative estimate of drug-likeness (QED) is 0.807. The van der Waals surface area contributed by atoms with Crippen molar-refractivity contribution in [1.82, 2.24) is 10.2 Å². The molecular weight excluding hydrogens is 312 g/mol. The van der Waals surface area contributed by atoms with Gasteiger partial charge in [0.15, 0.2) is 11.5 Å². The molecule has 0 saturated heterocycles. The Morgan fingerprint density at radius 3 is 2.75 bits per heavy atom. The number of hydrogen-bond donors (Lipinski definition) is 2. The molecule has 0 radical (unpaired) electrons. The second-order valence-corrected chi connectivity index (χ2v) is 5.51. The molecule has 1 aliphatic heterocycles. The number of allylic oxidation sites excluding steroid dienone is 1. The summed E-state index contributed by atoms with van der Waals surface area (Å²) < 4.78 is 10.4. The highest BCUT2D eigenvalue weighted by atomic mass is 16.5. The Labute approximate surface area is 140 Å². The van der Waals surface area contributed by atoms with Crippen LogP contribution in [0.2, 0.25) is 0 Å². The number of carbonyl (C=O) groups excluding carboxylic acids is 2. The first-order valence-corrected chi connectivity index (χ1v) is 7.69. The average Bonchev–Trinajstić information content (AvgIpc) is 2.57. The molecule has 2 N–H and O–H groups in total. The molecule has 0 unspecified atom stereocenters. The number of carbonyl (C=O) groups is 2. The van der Waals surface area contributed by atoms with Crippen LogP contribution in [0.3, 0.4) is 0 Å². The number of nitrogens with zero attached hydrogens (tertiary/aromatic N) is 1. The van der Waals surface area contributed by atoms with Crippen LogP contribution in [0, 0.1) is 0 Å². The first-order valence-electron chi connectivity index (χ1n) is 7.69. The number of amides is 2. The lowest BCUT2D eigenvalue weighted by Gasteiger charge is -2.33. The van der Waals surface area contributed by atoms with Gasteiger partial charge in [0.2, 0.25) is 0 Å². The molecule has 1 atom stereocenters. The molecule has 0 bridgehead atoms. The number of ether oxygens (including phenoxy) is 2. The second-order valence-electron chi connectivity index (χ2n) is 5.51. The number of esters is 1. The maximum atomic E-state index is 12.5. The topological polar surface area (TPSA) is 88.1 Å². The Morgan fingerprint density at radius 2 is 2.12 bits per heavy atom. The maximum Gasteiger partial charge on any atom is 0.338 e. The Bertz CT molecular complexity index is 684. The van der Waals surface area contributed by atoms with E-state index in [1.54, 1.807) is 26.1 Å². The predicted octanol–water partition coefficient (Wildman–Crippen LogP) is 2.32. The molecule has 1 aromatic rings. The van der Waals surface area contributed by atoms with Crippen molar-refractivity contribution in [1.29, 1.82) is 0 Å². The van der Waals surface area contributed by atoms with E-state index >= 15 is 0 Å². The molecule has 1 aromatic carbocycles.